The molecule has 0 radical (unpaired) electrons. The second-order valence-corrected chi connectivity index (χ2v) is 4.16. The highest BCUT2D eigenvalue weighted by Crippen LogP contribution is 2.47. The quantitative estimate of drug-likeness (QED) is 0.542. The van der Waals surface area contributed by atoms with Crippen molar-refractivity contribution in [2.24, 2.45) is 5.41 Å². The van der Waals surface area contributed by atoms with Crippen LogP contribution >= 0.6 is 15.9 Å². The molecule has 0 bridgehead atoms. The van der Waals surface area contributed by atoms with Crippen molar-refractivity contribution >= 4 is 15.9 Å². The maximum atomic E-state index is 8.54. The monoisotopic (exact) mass is 241 g/mol. The molecule has 1 rings (SSSR count). The fraction of sp³-hybridized carbons (Fsp3) is 0.778. The number of hydrogen-bond acceptors (Lipinski definition) is 3. The van der Waals surface area contributed by atoms with E-state index in [1.54, 1.807) is 0 Å². The fourth-order valence-corrected chi connectivity index (χ4v) is 2.09. The van der Waals surface area contributed by atoms with E-state index >= 15 is 0 Å². The van der Waals surface area contributed by atoms with Gasteiger partial charge >= 0.3 is 0 Å². The Bertz CT molecular complexity index is 231. The lowest BCUT2D eigenvalue weighted by Crippen LogP contribution is -2.32. The molecule has 3 nitrogen and oxygen atoms in total. The van der Waals surface area contributed by atoms with E-state index in [-0.39, 0.29) is 0 Å². The first-order chi connectivity index (χ1) is 6.26. The van der Waals surface area contributed by atoms with Crippen LogP contribution in [0.5, 0.6) is 0 Å². The van der Waals surface area contributed by atoms with Gasteiger partial charge in [0.05, 0.1) is 25.2 Å². The first kappa shape index (κ1) is 10.5. The lowest BCUT2D eigenvalue weighted by atomic mass is 10.1. The first-order valence-electron chi connectivity index (χ1n) is 4.28. The summed E-state index contributed by atoms with van der Waals surface area (Å²) in [5, 5.41) is 18.1. The van der Waals surface area contributed by atoms with Gasteiger partial charge in [-0.3, -0.25) is 4.90 Å². The van der Waals surface area contributed by atoms with Gasteiger partial charge in [-0.15, -0.1) is 0 Å². The molecule has 1 aliphatic carbocycles. The largest absolute Gasteiger partial charge is 0.277 e. The van der Waals surface area contributed by atoms with Crippen LogP contribution < -0.4 is 0 Å². The van der Waals surface area contributed by atoms with Crippen LogP contribution in [0.25, 0.3) is 0 Å². The summed E-state index contributed by atoms with van der Waals surface area (Å²) in [6, 6.07) is 4.17. The van der Waals surface area contributed by atoms with Crippen molar-refractivity contribution in [3.8, 4) is 12.1 Å². The van der Waals surface area contributed by atoms with Crippen molar-refractivity contribution in [3.63, 3.8) is 0 Å². The molecule has 0 N–H and O–H groups in total. The SMILES string of the molecule is N#CCN(CC#N)CC1(CBr)CC1. The summed E-state index contributed by atoms with van der Waals surface area (Å²) in [6.45, 7) is 1.60. The van der Waals surface area contributed by atoms with Gasteiger partial charge in [-0.25, -0.2) is 0 Å². The highest BCUT2D eigenvalue weighted by atomic mass is 79.9. The van der Waals surface area contributed by atoms with Crippen LogP contribution in [0.1, 0.15) is 12.8 Å². The Kier molecular flexibility index (Phi) is 3.71. The smallest absolute Gasteiger partial charge is 0.0874 e. The zero-order valence-corrected chi connectivity index (χ0v) is 9.05. The molecule has 70 valence electrons. The number of rotatable bonds is 5. The minimum atomic E-state index is 0.355. The Morgan fingerprint density at radius 2 is 1.77 bits per heavy atom. The molecule has 0 aromatic carbocycles. The van der Waals surface area contributed by atoms with E-state index in [0.29, 0.717) is 18.5 Å². The number of halogens is 1. The van der Waals surface area contributed by atoms with Crippen molar-refractivity contribution in [1.29, 1.82) is 10.5 Å². The molecular weight excluding hydrogens is 230 g/mol. The molecule has 4 heteroatoms. The average molecular weight is 242 g/mol. The molecule has 0 heterocycles. The minimum Gasteiger partial charge on any atom is -0.277 e. The van der Waals surface area contributed by atoms with Gasteiger partial charge in [0.1, 0.15) is 0 Å². The third-order valence-electron chi connectivity index (χ3n) is 2.39. The Labute approximate surface area is 87.1 Å². The highest BCUT2D eigenvalue weighted by Gasteiger charge is 2.42. The molecule has 0 amide bonds. The van der Waals surface area contributed by atoms with Crippen molar-refractivity contribution in [2.45, 2.75) is 12.8 Å². The topological polar surface area (TPSA) is 50.8 Å². The summed E-state index contributed by atoms with van der Waals surface area (Å²) in [6.07, 6.45) is 2.43. The maximum Gasteiger partial charge on any atom is 0.0874 e. The number of hydrogen-bond donors (Lipinski definition) is 0. The van der Waals surface area contributed by atoms with Gasteiger partial charge in [0.15, 0.2) is 0 Å². The van der Waals surface area contributed by atoms with Crippen molar-refractivity contribution in [1.82, 2.24) is 4.90 Å². The molecule has 1 fully saturated rings. The van der Waals surface area contributed by atoms with Crippen LogP contribution in [0, 0.1) is 28.1 Å². The van der Waals surface area contributed by atoms with E-state index in [1.807, 2.05) is 4.90 Å². The van der Waals surface area contributed by atoms with E-state index < -0.39 is 0 Å². The van der Waals surface area contributed by atoms with E-state index in [9.17, 15) is 0 Å². The Balaban J connectivity index is 2.39. The molecule has 0 aromatic rings. The molecule has 0 spiro atoms. The average Bonchev–Trinajstić information content (AvgIpc) is 2.87. The van der Waals surface area contributed by atoms with Crippen molar-refractivity contribution in [2.75, 3.05) is 25.0 Å². The Morgan fingerprint density at radius 3 is 2.08 bits per heavy atom. The van der Waals surface area contributed by atoms with Gasteiger partial charge in [0, 0.05) is 11.9 Å². The van der Waals surface area contributed by atoms with Gasteiger partial charge in [0.2, 0.25) is 0 Å². The molecular formula is C9H12BrN3. The van der Waals surface area contributed by atoms with Crippen LogP contribution in [-0.4, -0.2) is 29.9 Å². The second-order valence-electron chi connectivity index (χ2n) is 3.60. The summed E-state index contributed by atoms with van der Waals surface area (Å²) in [5.41, 5.74) is 0.355. The van der Waals surface area contributed by atoms with E-state index in [1.165, 1.54) is 12.8 Å². The Hall–Kier alpha value is -0.580. The third kappa shape index (κ3) is 2.99. The molecule has 0 saturated heterocycles. The van der Waals surface area contributed by atoms with Crippen molar-refractivity contribution < 1.29 is 0 Å². The molecule has 0 unspecified atom stereocenters. The predicted molar refractivity (Wildman–Crippen MR) is 53.1 cm³/mol. The Morgan fingerprint density at radius 1 is 1.23 bits per heavy atom. The number of nitriles is 2. The molecule has 13 heavy (non-hydrogen) atoms. The van der Waals surface area contributed by atoms with E-state index in [0.717, 1.165) is 11.9 Å². The van der Waals surface area contributed by atoms with Crippen LogP contribution in [0.2, 0.25) is 0 Å². The fourth-order valence-electron chi connectivity index (χ4n) is 1.35. The zero-order valence-electron chi connectivity index (χ0n) is 7.46. The van der Waals surface area contributed by atoms with Gasteiger partial charge in [-0.1, -0.05) is 15.9 Å². The van der Waals surface area contributed by atoms with Crippen LogP contribution in [0.3, 0.4) is 0 Å². The maximum absolute atomic E-state index is 8.54. The van der Waals surface area contributed by atoms with Gasteiger partial charge in [-0.2, -0.15) is 10.5 Å². The first-order valence-corrected chi connectivity index (χ1v) is 5.41. The summed E-state index contributed by atoms with van der Waals surface area (Å²) in [7, 11) is 0. The summed E-state index contributed by atoms with van der Waals surface area (Å²) in [5.74, 6) is 0. The molecule has 0 aromatic heterocycles. The highest BCUT2D eigenvalue weighted by molar-refractivity contribution is 9.09. The van der Waals surface area contributed by atoms with Crippen LogP contribution in [0.15, 0.2) is 0 Å². The number of alkyl halides is 1. The molecule has 1 saturated carbocycles. The van der Waals surface area contributed by atoms with Gasteiger partial charge in [0.25, 0.3) is 0 Å². The molecule has 1 aliphatic rings. The van der Waals surface area contributed by atoms with Crippen LogP contribution in [0.4, 0.5) is 0 Å². The standard InChI is InChI=1S/C9H12BrN3/c10-7-9(1-2-9)8-13(5-3-11)6-4-12/h1-2,5-8H2. The lowest BCUT2D eigenvalue weighted by Gasteiger charge is -2.20. The minimum absolute atomic E-state index is 0.355. The molecule has 0 atom stereocenters. The number of nitrogens with zero attached hydrogens (tertiary/aromatic N) is 3. The van der Waals surface area contributed by atoms with Gasteiger partial charge < -0.3 is 0 Å². The van der Waals surface area contributed by atoms with E-state index in [2.05, 4.69) is 28.1 Å². The lowest BCUT2D eigenvalue weighted by molar-refractivity contribution is 0.283. The summed E-state index contributed by atoms with van der Waals surface area (Å²) >= 11 is 3.47. The summed E-state index contributed by atoms with van der Waals surface area (Å²) < 4.78 is 0. The van der Waals surface area contributed by atoms with Crippen molar-refractivity contribution in [3.05, 3.63) is 0 Å². The third-order valence-corrected chi connectivity index (χ3v) is 3.58. The molecule has 0 aliphatic heterocycles. The predicted octanol–water partition coefficient (Wildman–Crippen LogP) is 1.51. The van der Waals surface area contributed by atoms with Gasteiger partial charge in [-0.05, 0) is 18.3 Å². The van der Waals surface area contributed by atoms with Crippen LogP contribution in [-0.2, 0) is 0 Å². The zero-order chi connectivity index (χ0) is 9.73. The normalized spacial score (nSPS) is 17.8. The second kappa shape index (κ2) is 4.60. The van der Waals surface area contributed by atoms with E-state index in [4.69, 9.17) is 10.5 Å². The summed E-state index contributed by atoms with van der Waals surface area (Å²) in [4.78, 5) is 1.91.